The van der Waals surface area contributed by atoms with E-state index in [-0.39, 0.29) is 41.5 Å². The normalized spacial score (nSPS) is 10.5. The summed E-state index contributed by atoms with van der Waals surface area (Å²) in [5.74, 6) is -4.70. The van der Waals surface area contributed by atoms with E-state index in [9.17, 15) is 52.6 Å². The Bertz CT molecular complexity index is 2040. The number of aliphatic carboxylic acids is 2. The van der Waals surface area contributed by atoms with Crippen molar-refractivity contribution in [2.45, 2.75) is 26.4 Å². The number of carboxylic acids is 2. The summed E-state index contributed by atoms with van der Waals surface area (Å²) >= 11 is 0. The van der Waals surface area contributed by atoms with E-state index >= 15 is 0 Å². The number of benzene rings is 4. The molecule has 0 aliphatic rings. The number of alkyl halides is 3. The highest BCUT2D eigenvalue weighted by atomic mass is 19.4. The van der Waals surface area contributed by atoms with Gasteiger partial charge in [-0.25, -0.2) is 9.59 Å². The lowest BCUT2D eigenvalue weighted by atomic mass is 10.1. The summed E-state index contributed by atoms with van der Waals surface area (Å²) in [6, 6.07) is 18.7. The van der Waals surface area contributed by atoms with Crippen molar-refractivity contribution in [3.8, 4) is 17.2 Å². The summed E-state index contributed by atoms with van der Waals surface area (Å²) in [7, 11) is 0. The summed E-state index contributed by atoms with van der Waals surface area (Å²) < 4.78 is 51.0. The Hall–Kier alpha value is -7.25. The molecule has 0 atom stereocenters. The van der Waals surface area contributed by atoms with Crippen molar-refractivity contribution in [2.24, 2.45) is 0 Å². The van der Waals surface area contributed by atoms with Gasteiger partial charge in [0.05, 0.1) is 21.0 Å². The third-order valence-corrected chi connectivity index (χ3v) is 6.66. The fourth-order valence-corrected chi connectivity index (χ4v) is 4.35. The van der Waals surface area contributed by atoms with Crippen LogP contribution in [0.2, 0.25) is 0 Å². The first-order valence-corrected chi connectivity index (χ1v) is 15.1. The Labute approximate surface area is 302 Å². The molecule has 4 aromatic rings. The second-order valence-corrected chi connectivity index (χ2v) is 10.8. The molecule has 0 aliphatic heterocycles. The minimum absolute atomic E-state index is 0.0622. The van der Waals surface area contributed by atoms with Crippen molar-refractivity contribution in [1.29, 1.82) is 0 Å². The van der Waals surface area contributed by atoms with E-state index in [1.807, 2.05) is 0 Å². The highest BCUT2D eigenvalue weighted by Gasteiger charge is 2.32. The fourth-order valence-electron chi connectivity index (χ4n) is 4.35. The molecule has 0 unspecified atom stereocenters. The molecule has 0 saturated heterocycles. The number of carboxylic acid groups (broad SMARTS) is 2. The third kappa shape index (κ3) is 13.5. The number of hydrogen-bond acceptors (Lipinski definition) is 11. The largest absolute Gasteiger partial charge is 0.573 e. The predicted octanol–water partition coefficient (Wildman–Crippen LogP) is 5.18. The second-order valence-electron chi connectivity index (χ2n) is 10.8. The molecule has 0 fully saturated rings. The van der Waals surface area contributed by atoms with Crippen LogP contribution in [0.5, 0.6) is 17.2 Å². The van der Waals surface area contributed by atoms with Gasteiger partial charge in [-0.05, 0) is 48.4 Å². The van der Waals surface area contributed by atoms with Gasteiger partial charge in [0.2, 0.25) is 0 Å². The zero-order valence-electron chi connectivity index (χ0n) is 27.8. The van der Waals surface area contributed by atoms with Crippen molar-refractivity contribution in [3.05, 3.63) is 133 Å². The number of carbonyl (C=O) groups is 4. The topological polar surface area (TPSA) is 247 Å². The molecular weight excluding hydrogens is 729 g/mol. The number of nitro groups is 2. The monoisotopic (exact) mass is 758 g/mol. The van der Waals surface area contributed by atoms with Gasteiger partial charge >= 0.3 is 18.3 Å². The Morgan fingerprint density at radius 2 is 1.13 bits per heavy atom. The van der Waals surface area contributed by atoms with E-state index in [2.05, 4.69) is 15.4 Å². The van der Waals surface area contributed by atoms with Gasteiger partial charge < -0.3 is 35.1 Å². The molecule has 0 bridgehead atoms. The highest BCUT2D eigenvalue weighted by Crippen LogP contribution is 2.29. The molecule has 0 saturated carbocycles. The smallest absolute Gasteiger partial charge is 0.481 e. The van der Waals surface area contributed by atoms with Gasteiger partial charge in [0, 0.05) is 37.4 Å². The van der Waals surface area contributed by atoms with E-state index in [1.165, 1.54) is 48.5 Å². The molecule has 0 spiro atoms. The molecule has 17 nitrogen and oxygen atoms in total. The number of carbonyl (C=O) groups excluding carboxylic acids is 2. The number of ether oxygens (including phenoxy) is 3. The van der Waals surface area contributed by atoms with E-state index < -0.39 is 64.5 Å². The molecule has 20 heteroatoms. The van der Waals surface area contributed by atoms with Crippen molar-refractivity contribution >= 4 is 35.1 Å². The number of rotatable bonds is 15. The van der Waals surface area contributed by atoms with E-state index in [0.717, 1.165) is 23.8 Å². The summed E-state index contributed by atoms with van der Waals surface area (Å²) in [6.07, 6.45) is -5.00. The number of nitrogens with zero attached hydrogens (tertiary/aromatic N) is 2. The van der Waals surface area contributed by atoms with Gasteiger partial charge in [-0.3, -0.25) is 29.8 Å². The van der Waals surface area contributed by atoms with Crippen LogP contribution in [-0.2, 0) is 22.7 Å². The van der Waals surface area contributed by atoms with Crippen molar-refractivity contribution < 1.29 is 66.6 Å². The zero-order chi connectivity index (χ0) is 40.0. The number of non-ortho nitro benzene ring substituents is 2. The Balaban J connectivity index is 0.000000294. The Morgan fingerprint density at radius 3 is 1.56 bits per heavy atom. The molecule has 0 aromatic heterocycles. The van der Waals surface area contributed by atoms with Crippen LogP contribution in [0, 0.1) is 27.2 Å². The molecule has 2 amide bonds. The average Bonchev–Trinajstić information content (AvgIpc) is 3.11. The SMILES string of the molecule is Cc1ccc(OCC(=O)O)c(C(=O)NCc2cccc([N+](=O)[O-])c2)c1.O=C(O)COc1ccc(OC(F)(F)F)cc1C(=O)NCc1cccc([N+](=O)[O-])c1. The fraction of sp³-hybridized carbons (Fsp3) is 0.176. The molecule has 4 N–H and O–H groups in total. The van der Waals surface area contributed by atoms with Gasteiger partial charge in [0.1, 0.15) is 17.2 Å². The number of aryl methyl sites for hydroxylation is 1. The second kappa shape index (κ2) is 18.8. The molecule has 4 rings (SSSR count). The predicted molar refractivity (Wildman–Crippen MR) is 179 cm³/mol. The molecule has 284 valence electrons. The maximum absolute atomic E-state index is 12.4. The lowest BCUT2D eigenvalue weighted by Gasteiger charge is -2.14. The molecule has 0 aliphatic carbocycles. The first-order chi connectivity index (χ1) is 25.4. The van der Waals surface area contributed by atoms with Crippen molar-refractivity contribution in [3.63, 3.8) is 0 Å². The third-order valence-electron chi connectivity index (χ3n) is 6.66. The van der Waals surface area contributed by atoms with Crippen molar-refractivity contribution in [2.75, 3.05) is 13.2 Å². The standard InChI is InChI=1S/C17H13F3N2O7.C17H16N2O6/c18-17(19,20)29-12-4-5-14(28-9-15(23)24)13(7-12)16(25)21-8-10-2-1-3-11(6-10)22(26)27;1-11-5-6-15(25-10-16(20)21)14(7-11)17(22)18-9-12-3-2-4-13(8-12)19(23)24/h1-7H,8-9H2,(H,21,25)(H,23,24);2-8H,9-10H2,1H3,(H,18,22)(H,20,21). The van der Waals surface area contributed by atoms with E-state index in [1.54, 1.807) is 25.1 Å². The molecule has 54 heavy (non-hydrogen) atoms. The van der Waals surface area contributed by atoms with Crippen LogP contribution < -0.4 is 24.8 Å². The lowest BCUT2D eigenvalue weighted by Crippen LogP contribution is -2.24. The highest BCUT2D eigenvalue weighted by molar-refractivity contribution is 5.98. The summed E-state index contributed by atoms with van der Waals surface area (Å²) in [5, 5.41) is 44.0. The number of hydrogen-bond donors (Lipinski definition) is 4. The van der Waals surface area contributed by atoms with Crippen LogP contribution in [0.15, 0.2) is 84.9 Å². The summed E-state index contributed by atoms with van der Waals surface area (Å²) in [5.41, 5.74) is 1.27. The van der Waals surface area contributed by atoms with Crippen LogP contribution in [0.25, 0.3) is 0 Å². The molecular formula is C34H29F3N4O13. The van der Waals surface area contributed by atoms with Gasteiger partial charge in [0.25, 0.3) is 23.2 Å². The Morgan fingerprint density at radius 1 is 0.685 bits per heavy atom. The number of halogens is 3. The van der Waals surface area contributed by atoms with Gasteiger partial charge in [-0.15, -0.1) is 13.2 Å². The first kappa shape index (κ1) is 41.2. The van der Waals surface area contributed by atoms with Crippen molar-refractivity contribution in [1.82, 2.24) is 10.6 Å². The first-order valence-electron chi connectivity index (χ1n) is 15.1. The number of nitrogens with one attached hydrogen (secondary N) is 2. The average molecular weight is 759 g/mol. The van der Waals surface area contributed by atoms with Crippen LogP contribution >= 0.6 is 0 Å². The lowest BCUT2D eigenvalue weighted by molar-refractivity contribution is -0.385. The van der Waals surface area contributed by atoms with Crippen LogP contribution in [0.3, 0.4) is 0 Å². The van der Waals surface area contributed by atoms with Gasteiger partial charge in [-0.1, -0.05) is 35.9 Å². The van der Waals surface area contributed by atoms with Crippen LogP contribution in [0.4, 0.5) is 24.5 Å². The minimum atomic E-state index is -5.00. The Kier molecular flexibility index (Phi) is 14.4. The van der Waals surface area contributed by atoms with E-state index in [0.29, 0.717) is 11.1 Å². The molecule has 0 radical (unpaired) electrons. The maximum Gasteiger partial charge on any atom is 0.573 e. The summed E-state index contributed by atoms with van der Waals surface area (Å²) in [6.45, 7) is 0.313. The van der Waals surface area contributed by atoms with Crippen LogP contribution in [0.1, 0.15) is 37.4 Å². The number of amides is 2. The minimum Gasteiger partial charge on any atom is -0.481 e. The van der Waals surface area contributed by atoms with E-state index in [4.69, 9.17) is 19.7 Å². The van der Waals surface area contributed by atoms with Gasteiger partial charge in [-0.2, -0.15) is 0 Å². The molecule has 4 aromatic carbocycles. The zero-order valence-corrected chi connectivity index (χ0v) is 27.8. The maximum atomic E-state index is 12.4. The molecule has 0 heterocycles. The number of nitro benzene ring substituents is 2. The van der Waals surface area contributed by atoms with Gasteiger partial charge in [0.15, 0.2) is 13.2 Å². The quantitative estimate of drug-likeness (QED) is 0.0902. The van der Waals surface area contributed by atoms with Crippen LogP contribution in [-0.4, -0.2) is 63.4 Å². The summed E-state index contributed by atoms with van der Waals surface area (Å²) in [4.78, 5) is 66.5.